The Morgan fingerprint density at radius 3 is 2.77 bits per heavy atom. The molecule has 5 atom stereocenters. The third-order valence-electron chi connectivity index (χ3n) is 8.06. The average molecular weight is 434 g/mol. The van der Waals surface area contributed by atoms with Crippen molar-refractivity contribution in [3.05, 3.63) is 0 Å². The Labute approximate surface area is 184 Å². The molecule has 0 aromatic carbocycles. The van der Waals surface area contributed by atoms with E-state index in [1.54, 1.807) is 11.8 Å². The number of piperidine rings is 1. The molecule has 3 unspecified atom stereocenters. The fraction of sp³-hybridized carbons (Fsp3) is 0.870. The number of carbonyl (C=O) groups is 2. The van der Waals surface area contributed by atoms with Gasteiger partial charge >= 0.3 is 0 Å². The lowest BCUT2D eigenvalue weighted by molar-refractivity contribution is -0.142. The molecule has 0 aromatic rings. The second-order valence-corrected chi connectivity index (χ2v) is 11.8. The van der Waals surface area contributed by atoms with Crippen LogP contribution in [0.5, 0.6) is 0 Å². The Hall–Kier alpha value is -1.08. The second kappa shape index (κ2) is 8.45. The third-order valence-corrected chi connectivity index (χ3v) is 9.26. The third kappa shape index (κ3) is 4.16. The zero-order valence-electron chi connectivity index (χ0n) is 18.1. The molecule has 2 aliphatic carbocycles. The lowest BCUT2D eigenvalue weighted by Crippen LogP contribution is -2.45. The lowest BCUT2D eigenvalue weighted by Gasteiger charge is -2.35. The molecule has 6 nitrogen and oxygen atoms in total. The van der Waals surface area contributed by atoms with E-state index in [1.165, 1.54) is 32.1 Å². The van der Waals surface area contributed by atoms with Gasteiger partial charge in [0.25, 0.3) is 5.91 Å². The first-order valence-corrected chi connectivity index (χ1v) is 12.8. The summed E-state index contributed by atoms with van der Waals surface area (Å²) < 4.78 is 5.13. The van der Waals surface area contributed by atoms with Gasteiger partial charge in [-0.1, -0.05) is 24.6 Å². The van der Waals surface area contributed by atoms with Crippen LogP contribution >= 0.6 is 11.8 Å². The molecule has 3 saturated heterocycles. The minimum atomic E-state index is -0.433. The molecule has 0 radical (unpaired) electrons. The van der Waals surface area contributed by atoms with E-state index in [4.69, 9.17) is 9.73 Å². The molecule has 5 fully saturated rings. The number of thioether (sulfide) groups is 1. The number of ether oxygens (including phenoxy) is 1. The number of amidine groups is 1. The van der Waals surface area contributed by atoms with Gasteiger partial charge in [-0.05, 0) is 76.0 Å². The number of hydrogen-bond acceptors (Lipinski definition) is 5. The molecule has 2 saturated carbocycles. The zero-order valence-corrected chi connectivity index (χ0v) is 18.9. The van der Waals surface area contributed by atoms with E-state index in [1.807, 2.05) is 4.90 Å². The van der Waals surface area contributed by atoms with Gasteiger partial charge in [-0.2, -0.15) is 0 Å². The summed E-state index contributed by atoms with van der Waals surface area (Å²) in [4.78, 5) is 32.4. The van der Waals surface area contributed by atoms with Crippen molar-refractivity contribution in [2.45, 2.75) is 88.0 Å². The normalized spacial score (nSPS) is 40.9. The number of nitrogens with zero attached hydrogens (tertiary/aromatic N) is 2. The van der Waals surface area contributed by atoms with E-state index >= 15 is 0 Å². The van der Waals surface area contributed by atoms with E-state index in [2.05, 4.69) is 12.2 Å². The quantitative estimate of drug-likeness (QED) is 0.738. The molecule has 166 valence electrons. The molecule has 3 aliphatic heterocycles. The molecule has 0 spiro atoms. The highest BCUT2D eigenvalue weighted by molar-refractivity contribution is 8.16. The van der Waals surface area contributed by atoms with E-state index in [0.29, 0.717) is 18.6 Å². The number of amides is 2. The summed E-state index contributed by atoms with van der Waals surface area (Å²) in [7, 11) is 0. The first-order chi connectivity index (χ1) is 14.5. The molecule has 5 rings (SSSR count). The zero-order chi connectivity index (χ0) is 20.7. The van der Waals surface area contributed by atoms with Gasteiger partial charge in [-0.25, -0.2) is 0 Å². The van der Waals surface area contributed by atoms with Crippen molar-refractivity contribution in [1.82, 2.24) is 10.2 Å². The van der Waals surface area contributed by atoms with Crippen LogP contribution in [0.15, 0.2) is 4.99 Å². The lowest BCUT2D eigenvalue weighted by atomic mass is 9.87. The van der Waals surface area contributed by atoms with Gasteiger partial charge in [0.1, 0.15) is 6.10 Å². The van der Waals surface area contributed by atoms with Crippen molar-refractivity contribution in [3.63, 3.8) is 0 Å². The summed E-state index contributed by atoms with van der Waals surface area (Å²) in [6.07, 6.45) is 11.0. The van der Waals surface area contributed by atoms with Crippen LogP contribution in [-0.2, 0) is 14.3 Å². The van der Waals surface area contributed by atoms with Gasteiger partial charge in [0.05, 0.1) is 10.8 Å². The van der Waals surface area contributed by atoms with Crippen LogP contribution < -0.4 is 5.32 Å². The topological polar surface area (TPSA) is 71.0 Å². The van der Waals surface area contributed by atoms with E-state index in [-0.39, 0.29) is 17.9 Å². The minimum Gasteiger partial charge on any atom is -0.368 e. The van der Waals surface area contributed by atoms with E-state index < -0.39 is 4.75 Å². The Kier molecular flexibility index (Phi) is 5.86. The van der Waals surface area contributed by atoms with Crippen molar-refractivity contribution < 1.29 is 14.3 Å². The number of nitrogens with one attached hydrogen (secondary N) is 1. The average Bonchev–Trinajstić information content (AvgIpc) is 3.42. The number of likely N-dealkylation sites (tertiary alicyclic amines) is 1. The maximum atomic E-state index is 12.8. The van der Waals surface area contributed by atoms with Crippen LogP contribution in [0.2, 0.25) is 0 Å². The maximum Gasteiger partial charge on any atom is 0.251 e. The fourth-order valence-corrected chi connectivity index (χ4v) is 7.55. The predicted molar refractivity (Wildman–Crippen MR) is 118 cm³/mol. The summed E-state index contributed by atoms with van der Waals surface area (Å²) in [5, 5.41) is 3.95. The Balaban J connectivity index is 1.15. The van der Waals surface area contributed by atoms with E-state index in [9.17, 15) is 9.59 Å². The monoisotopic (exact) mass is 433 g/mol. The molecule has 30 heavy (non-hydrogen) atoms. The van der Waals surface area contributed by atoms with Crippen LogP contribution in [0.4, 0.5) is 0 Å². The summed E-state index contributed by atoms with van der Waals surface area (Å²) in [6, 6.07) is 0.412. The van der Waals surface area contributed by atoms with Crippen LogP contribution in [-0.4, -0.2) is 58.5 Å². The van der Waals surface area contributed by atoms with Gasteiger partial charge in [-0.15, -0.1) is 0 Å². The highest BCUT2D eigenvalue weighted by Gasteiger charge is 2.46. The molecule has 5 aliphatic rings. The van der Waals surface area contributed by atoms with Gasteiger partial charge < -0.3 is 15.0 Å². The predicted octanol–water partition coefficient (Wildman–Crippen LogP) is 3.35. The summed E-state index contributed by atoms with van der Waals surface area (Å²) in [5.41, 5.74) is 0. The Bertz CT molecular complexity index is 714. The summed E-state index contributed by atoms with van der Waals surface area (Å²) in [6.45, 7) is 4.37. The maximum absolute atomic E-state index is 12.8. The van der Waals surface area contributed by atoms with Crippen molar-refractivity contribution in [3.8, 4) is 0 Å². The largest absolute Gasteiger partial charge is 0.368 e. The van der Waals surface area contributed by atoms with Crippen LogP contribution in [0, 0.1) is 17.8 Å². The molecular weight excluding hydrogens is 398 g/mol. The van der Waals surface area contributed by atoms with Gasteiger partial charge in [0.2, 0.25) is 5.91 Å². The van der Waals surface area contributed by atoms with Crippen molar-refractivity contribution in [2.24, 2.45) is 22.7 Å². The highest BCUT2D eigenvalue weighted by Crippen LogP contribution is 2.45. The van der Waals surface area contributed by atoms with Crippen LogP contribution in [0.3, 0.4) is 0 Å². The highest BCUT2D eigenvalue weighted by atomic mass is 32.2. The number of rotatable bonds is 4. The van der Waals surface area contributed by atoms with Gasteiger partial charge in [-0.3, -0.25) is 14.6 Å². The molecule has 0 aromatic heterocycles. The van der Waals surface area contributed by atoms with Crippen molar-refractivity contribution in [1.29, 1.82) is 0 Å². The van der Waals surface area contributed by atoms with Crippen LogP contribution in [0.1, 0.15) is 71.1 Å². The molecule has 2 bridgehead atoms. The molecule has 1 N–H and O–H groups in total. The first-order valence-electron chi connectivity index (χ1n) is 12.0. The minimum absolute atomic E-state index is 0.116. The number of aliphatic imine (C=N–C) groups is 1. The van der Waals surface area contributed by atoms with E-state index in [0.717, 1.165) is 62.2 Å². The van der Waals surface area contributed by atoms with Gasteiger partial charge in [0.15, 0.2) is 5.17 Å². The standard InChI is InChI=1S/C23H35N3O3S/c1-23(14-15-7-9-26(10-8-15)20(27)19-6-3-11-29-19)21(28)25-22(30-23)24-18-13-16-4-2-5-17(18)12-16/h15-19H,2-14H2,1H3,(H,24,25,28)/t16-,17?,18+,19?,23?/m1/s1. The number of carbonyl (C=O) groups excluding carboxylic acids is 2. The molecule has 3 heterocycles. The van der Waals surface area contributed by atoms with Crippen molar-refractivity contribution >= 4 is 28.7 Å². The van der Waals surface area contributed by atoms with Crippen LogP contribution in [0.25, 0.3) is 0 Å². The molecular formula is C23H35N3O3S. The second-order valence-electron chi connectivity index (χ2n) is 10.3. The number of fused-ring (bicyclic) bond motifs is 2. The summed E-state index contributed by atoms with van der Waals surface area (Å²) in [5.74, 6) is 2.35. The SMILES string of the molecule is CC1(CC2CCN(C(=O)C3CCCO3)CC2)SC(=N[C@H]2C[C@@H]3CCCC2C3)NC1=O. The van der Waals surface area contributed by atoms with Gasteiger partial charge in [0, 0.05) is 19.7 Å². The number of hydrogen-bond donors (Lipinski definition) is 1. The smallest absolute Gasteiger partial charge is 0.251 e. The first kappa shape index (κ1) is 20.8. The molecule has 7 heteroatoms. The molecule has 2 amide bonds. The Morgan fingerprint density at radius 2 is 2.03 bits per heavy atom. The Morgan fingerprint density at radius 1 is 1.20 bits per heavy atom. The summed E-state index contributed by atoms with van der Waals surface area (Å²) >= 11 is 1.65. The fourth-order valence-electron chi connectivity index (χ4n) is 6.33. The van der Waals surface area contributed by atoms with Crippen molar-refractivity contribution in [2.75, 3.05) is 19.7 Å².